The minimum Gasteiger partial charge on any atom is -0.462 e. The highest BCUT2D eigenvalue weighted by molar-refractivity contribution is 6.03. The molecule has 136 valence electrons. The molecular formula is C19H27N2O4+. The van der Waals surface area contributed by atoms with E-state index in [2.05, 4.69) is 4.98 Å². The van der Waals surface area contributed by atoms with Crippen LogP contribution in [0.25, 0.3) is 0 Å². The highest BCUT2D eigenvalue weighted by atomic mass is 16.5. The van der Waals surface area contributed by atoms with E-state index in [9.17, 15) is 9.59 Å². The van der Waals surface area contributed by atoms with E-state index in [1.54, 1.807) is 20.8 Å². The number of carbonyl (C=O) groups is 2. The van der Waals surface area contributed by atoms with E-state index in [1.165, 1.54) is 0 Å². The van der Waals surface area contributed by atoms with Crippen molar-refractivity contribution in [3.05, 3.63) is 46.2 Å². The van der Waals surface area contributed by atoms with Gasteiger partial charge in [-0.2, -0.15) is 0 Å². The number of carbonyl (C=O) groups excluding carboxylic acids is 2. The molecular weight excluding hydrogens is 320 g/mol. The molecule has 1 unspecified atom stereocenters. The van der Waals surface area contributed by atoms with Gasteiger partial charge in [0.25, 0.3) is 0 Å². The Labute approximate surface area is 148 Å². The lowest BCUT2D eigenvalue weighted by Gasteiger charge is -2.19. The maximum Gasteiger partial charge on any atom is 0.340 e. The second-order valence-electron chi connectivity index (χ2n) is 6.47. The van der Waals surface area contributed by atoms with Crippen molar-refractivity contribution in [1.82, 2.24) is 4.98 Å². The van der Waals surface area contributed by atoms with E-state index in [4.69, 9.17) is 9.15 Å². The Balaban J connectivity index is 2.19. The van der Waals surface area contributed by atoms with Crippen molar-refractivity contribution in [2.45, 2.75) is 47.2 Å². The van der Waals surface area contributed by atoms with Crippen LogP contribution < -0.4 is 4.90 Å². The molecule has 2 atom stereocenters. The molecule has 0 bridgehead atoms. The molecule has 2 heterocycles. The summed E-state index contributed by atoms with van der Waals surface area (Å²) in [4.78, 5) is 29.1. The number of aryl methyl sites for hydroxylation is 2. The summed E-state index contributed by atoms with van der Waals surface area (Å²) < 4.78 is 10.7. The number of hydrogen-bond acceptors (Lipinski definition) is 4. The van der Waals surface area contributed by atoms with Crippen molar-refractivity contribution in [3.8, 4) is 0 Å². The molecule has 2 N–H and O–H groups in total. The molecule has 2 aromatic heterocycles. The van der Waals surface area contributed by atoms with Gasteiger partial charge in [0.1, 0.15) is 12.3 Å². The SMILES string of the molecule is CCOC(=O)c1c(C)[nH]c(C(=O)[C@H](C)[NH+](C)Cc2ccc(C)o2)c1C. The van der Waals surface area contributed by atoms with E-state index < -0.39 is 5.97 Å². The number of nitrogens with one attached hydrogen (secondary N) is 2. The number of ether oxygens (including phenoxy) is 1. The van der Waals surface area contributed by atoms with Gasteiger partial charge in [-0.25, -0.2) is 4.79 Å². The van der Waals surface area contributed by atoms with Gasteiger partial charge in [-0.1, -0.05) is 0 Å². The Morgan fingerprint density at radius 2 is 1.96 bits per heavy atom. The van der Waals surface area contributed by atoms with Crippen LogP contribution in [0.2, 0.25) is 0 Å². The van der Waals surface area contributed by atoms with Gasteiger partial charge in [0.15, 0.2) is 11.8 Å². The van der Waals surface area contributed by atoms with Crippen LogP contribution in [0.5, 0.6) is 0 Å². The molecule has 0 aromatic carbocycles. The van der Waals surface area contributed by atoms with E-state index in [0.29, 0.717) is 35.7 Å². The highest BCUT2D eigenvalue weighted by Gasteiger charge is 2.30. The van der Waals surface area contributed by atoms with Crippen molar-refractivity contribution in [2.75, 3.05) is 13.7 Å². The number of hydrogen-bond donors (Lipinski definition) is 2. The van der Waals surface area contributed by atoms with Crippen LogP contribution in [0.15, 0.2) is 16.5 Å². The summed E-state index contributed by atoms with van der Waals surface area (Å²) in [6, 6.07) is 3.56. The maximum absolute atomic E-state index is 12.9. The number of aromatic nitrogens is 1. The number of quaternary nitrogens is 1. The molecule has 6 nitrogen and oxygen atoms in total. The first-order valence-electron chi connectivity index (χ1n) is 8.54. The Bertz CT molecular complexity index is 772. The predicted molar refractivity (Wildman–Crippen MR) is 94.1 cm³/mol. The van der Waals surface area contributed by atoms with Crippen molar-refractivity contribution in [2.24, 2.45) is 0 Å². The van der Waals surface area contributed by atoms with E-state index in [-0.39, 0.29) is 11.8 Å². The normalized spacial score (nSPS) is 13.5. The summed E-state index contributed by atoms with van der Waals surface area (Å²) in [7, 11) is 1.96. The van der Waals surface area contributed by atoms with Gasteiger partial charge in [0, 0.05) is 5.69 Å². The van der Waals surface area contributed by atoms with Gasteiger partial charge in [0.2, 0.25) is 5.78 Å². The van der Waals surface area contributed by atoms with Crippen molar-refractivity contribution in [1.29, 1.82) is 0 Å². The average molecular weight is 347 g/mol. The number of esters is 1. The Morgan fingerprint density at radius 1 is 1.28 bits per heavy atom. The van der Waals surface area contributed by atoms with Gasteiger partial charge in [-0.3, -0.25) is 4.79 Å². The highest BCUT2D eigenvalue weighted by Crippen LogP contribution is 2.20. The van der Waals surface area contributed by atoms with Gasteiger partial charge in [-0.15, -0.1) is 0 Å². The minimum atomic E-state index is -0.396. The summed E-state index contributed by atoms with van der Waals surface area (Å²) >= 11 is 0. The van der Waals surface area contributed by atoms with Gasteiger partial charge >= 0.3 is 5.97 Å². The average Bonchev–Trinajstić information content (AvgIpc) is 3.08. The summed E-state index contributed by atoms with van der Waals surface area (Å²) in [6.45, 7) is 10.0. The number of furan rings is 1. The lowest BCUT2D eigenvalue weighted by Crippen LogP contribution is -3.12. The molecule has 2 rings (SSSR count). The van der Waals surface area contributed by atoms with Gasteiger partial charge in [0.05, 0.1) is 24.9 Å². The molecule has 0 fully saturated rings. The van der Waals surface area contributed by atoms with Gasteiger partial charge in [-0.05, 0) is 52.3 Å². The minimum absolute atomic E-state index is 0.0306. The largest absolute Gasteiger partial charge is 0.462 e. The van der Waals surface area contributed by atoms with Crippen LogP contribution >= 0.6 is 0 Å². The molecule has 0 aliphatic rings. The zero-order valence-electron chi connectivity index (χ0n) is 15.8. The van der Waals surface area contributed by atoms with Gasteiger partial charge < -0.3 is 19.0 Å². The summed E-state index contributed by atoms with van der Waals surface area (Å²) in [6.07, 6.45) is 0. The first-order valence-corrected chi connectivity index (χ1v) is 8.54. The fraction of sp³-hybridized carbons (Fsp3) is 0.474. The first-order chi connectivity index (χ1) is 11.8. The molecule has 2 aromatic rings. The summed E-state index contributed by atoms with van der Waals surface area (Å²) in [5.74, 6) is 1.28. The Hall–Kier alpha value is -2.34. The first kappa shape index (κ1) is 19.0. The molecule has 0 saturated heterocycles. The second-order valence-corrected chi connectivity index (χ2v) is 6.47. The van der Waals surface area contributed by atoms with Crippen molar-refractivity contribution in [3.63, 3.8) is 0 Å². The van der Waals surface area contributed by atoms with E-state index >= 15 is 0 Å². The maximum atomic E-state index is 12.9. The zero-order valence-corrected chi connectivity index (χ0v) is 15.8. The van der Waals surface area contributed by atoms with Crippen LogP contribution in [0.3, 0.4) is 0 Å². The molecule has 6 heteroatoms. The molecule has 0 aliphatic heterocycles. The molecule has 0 spiro atoms. The Kier molecular flexibility index (Phi) is 5.85. The van der Waals surface area contributed by atoms with E-state index in [0.717, 1.165) is 16.4 Å². The zero-order chi connectivity index (χ0) is 18.7. The number of ketones is 1. The van der Waals surface area contributed by atoms with E-state index in [1.807, 2.05) is 33.0 Å². The number of likely N-dealkylation sites (N-methyl/N-ethyl adjacent to an activating group) is 1. The Morgan fingerprint density at radius 3 is 2.52 bits per heavy atom. The number of rotatable bonds is 7. The van der Waals surface area contributed by atoms with Crippen molar-refractivity contribution >= 4 is 11.8 Å². The third-order valence-electron chi connectivity index (χ3n) is 4.55. The molecule has 25 heavy (non-hydrogen) atoms. The van der Waals surface area contributed by atoms with Crippen LogP contribution in [-0.2, 0) is 11.3 Å². The summed E-state index contributed by atoms with van der Waals surface area (Å²) in [5, 5.41) is 0. The molecule has 0 saturated carbocycles. The third-order valence-corrected chi connectivity index (χ3v) is 4.55. The summed E-state index contributed by atoms with van der Waals surface area (Å²) in [5.41, 5.74) is 2.24. The number of aromatic amines is 1. The van der Waals surface area contributed by atoms with Crippen LogP contribution in [0.1, 0.15) is 57.5 Å². The molecule has 0 aliphatic carbocycles. The van der Waals surface area contributed by atoms with Crippen molar-refractivity contribution < 1.29 is 23.6 Å². The monoisotopic (exact) mass is 347 g/mol. The predicted octanol–water partition coefficient (Wildman–Crippen LogP) is 2.00. The van der Waals surface area contributed by atoms with Crippen LogP contribution in [0.4, 0.5) is 0 Å². The quantitative estimate of drug-likeness (QED) is 0.593. The third kappa shape index (κ3) is 4.02. The fourth-order valence-corrected chi connectivity index (χ4v) is 2.95. The van der Waals surface area contributed by atoms with Crippen LogP contribution in [-0.4, -0.2) is 36.4 Å². The fourth-order valence-electron chi connectivity index (χ4n) is 2.95. The second kappa shape index (κ2) is 7.70. The smallest absolute Gasteiger partial charge is 0.340 e. The standard InChI is InChI=1S/C19H26N2O4/c1-7-24-19(23)16-12(3)17(20-13(16)4)18(22)14(5)21(6)10-15-9-8-11(2)25-15/h8-9,14,20H,7,10H2,1-6H3/p+1/t14-/m0/s1. The number of H-pyrrole nitrogens is 1. The number of Topliss-reactive ketones (excluding diaryl/α,β-unsaturated/α-hetero) is 1. The topological polar surface area (TPSA) is 76.7 Å². The van der Waals surface area contributed by atoms with Crippen LogP contribution in [0, 0.1) is 20.8 Å². The lowest BCUT2D eigenvalue weighted by atomic mass is 10.0. The molecule has 0 radical (unpaired) electrons. The molecule has 0 amide bonds. The lowest BCUT2D eigenvalue weighted by molar-refractivity contribution is -0.908.